The third-order valence-corrected chi connectivity index (χ3v) is 6.33. The van der Waals surface area contributed by atoms with Crippen LogP contribution in [0, 0.1) is 5.41 Å². The van der Waals surface area contributed by atoms with Crippen LogP contribution in [0.1, 0.15) is 52.0 Å². The van der Waals surface area contributed by atoms with Crippen molar-refractivity contribution in [2.24, 2.45) is 5.41 Å². The number of Topliss-reactive ketones (excluding diaryl/α,β-unsaturated/α-hetero) is 1. The summed E-state index contributed by atoms with van der Waals surface area (Å²) in [4.78, 5) is 26.5. The minimum atomic E-state index is -0.639. The highest BCUT2D eigenvalue weighted by atomic mass is 79.9. The van der Waals surface area contributed by atoms with Crippen molar-refractivity contribution in [1.82, 2.24) is 5.32 Å². The van der Waals surface area contributed by atoms with Gasteiger partial charge in [0, 0.05) is 35.9 Å². The Morgan fingerprint density at radius 3 is 2.66 bits per heavy atom. The van der Waals surface area contributed by atoms with Crippen LogP contribution in [0.2, 0.25) is 0 Å². The summed E-state index contributed by atoms with van der Waals surface area (Å²) in [6.07, 6.45) is 1.07. The van der Waals surface area contributed by atoms with Gasteiger partial charge in [-0.1, -0.05) is 13.8 Å². The lowest BCUT2D eigenvalue weighted by Gasteiger charge is -2.39. The number of halogens is 1. The molecule has 1 atom stereocenters. The highest BCUT2D eigenvalue weighted by Crippen LogP contribution is 2.48. The Labute approximate surface area is 196 Å². The summed E-state index contributed by atoms with van der Waals surface area (Å²) in [5, 5.41) is 13.6. The highest BCUT2D eigenvalue weighted by Gasteiger charge is 2.43. The quantitative estimate of drug-likeness (QED) is 0.418. The van der Waals surface area contributed by atoms with E-state index in [1.807, 2.05) is 13.8 Å². The number of dihydropyridines is 1. The lowest BCUT2D eigenvalue weighted by molar-refractivity contribution is -0.140. The maximum Gasteiger partial charge on any atom is 0.336 e. The Kier molecular flexibility index (Phi) is 7.35. The maximum atomic E-state index is 13.3. The second-order valence-corrected chi connectivity index (χ2v) is 9.67. The van der Waals surface area contributed by atoms with Gasteiger partial charge in [0.1, 0.15) is 6.61 Å². The van der Waals surface area contributed by atoms with Crippen molar-refractivity contribution in [2.75, 3.05) is 26.9 Å². The van der Waals surface area contributed by atoms with Gasteiger partial charge in [0.15, 0.2) is 17.3 Å². The van der Waals surface area contributed by atoms with Crippen molar-refractivity contribution in [3.05, 3.63) is 44.7 Å². The van der Waals surface area contributed by atoms with Gasteiger partial charge in [0.2, 0.25) is 0 Å². The molecule has 174 valence electrons. The molecule has 8 heteroatoms. The third-order valence-electron chi connectivity index (χ3n) is 5.73. The molecule has 1 aliphatic heterocycles. The fraction of sp³-hybridized carbons (Fsp3) is 0.500. The molecule has 7 nitrogen and oxygen atoms in total. The second kappa shape index (κ2) is 9.67. The van der Waals surface area contributed by atoms with Crippen LogP contribution in [0.4, 0.5) is 0 Å². The molecule has 0 bridgehead atoms. The summed E-state index contributed by atoms with van der Waals surface area (Å²) >= 11 is 3.36. The predicted molar refractivity (Wildman–Crippen MR) is 123 cm³/mol. The molecule has 1 aliphatic carbocycles. The number of hydrogen-bond acceptors (Lipinski definition) is 7. The number of ketones is 1. The predicted octanol–water partition coefficient (Wildman–Crippen LogP) is 4.35. The van der Waals surface area contributed by atoms with Gasteiger partial charge < -0.3 is 24.6 Å². The van der Waals surface area contributed by atoms with E-state index in [9.17, 15) is 14.7 Å². The molecule has 32 heavy (non-hydrogen) atoms. The zero-order chi connectivity index (χ0) is 23.6. The number of hydrogen-bond donors (Lipinski definition) is 2. The monoisotopic (exact) mass is 507 g/mol. The summed E-state index contributed by atoms with van der Waals surface area (Å²) in [7, 11) is 1.46. The van der Waals surface area contributed by atoms with Crippen molar-refractivity contribution in [1.29, 1.82) is 0 Å². The van der Waals surface area contributed by atoms with Gasteiger partial charge in [-0.3, -0.25) is 4.79 Å². The SMILES string of the molecule is CCOCCOC(=O)C1=C(C)NC2=C(C(=O)CC(C)(C)C2)C1c1cc(Br)c(O)c(OC)c1. The number of methoxy groups -OCH3 is 1. The summed E-state index contributed by atoms with van der Waals surface area (Å²) < 4.78 is 16.5. The minimum absolute atomic E-state index is 0.0102. The number of esters is 1. The van der Waals surface area contributed by atoms with Gasteiger partial charge in [-0.15, -0.1) is 0 Å². The molecular weight excluding hydrogens is 478 g/mol. The normalized spacial score (nSPS) is 20.1. The van der Waals surface area contributed by atoms with E-state index in [2.05, 4.69) is 35.1 Å². The van der Waals surface area contributed by atoms with E-state index in [4.69, 9.17) is 14.2 Å². The van der Waals surface area contributed by atoms with Crippen molar-refractivity contribution in [3.8, 4) is 11.5 Å². The number of carbonyl (C=O) groups is 2. The maximum absolute atomic E-state index is 13.3. The Balaban J connectivity index is 2.12. The van der Waals surface area contributed by atoms with Gasteiger partial charge in [-0.05, 0) is 59.3 Å². The number of carbonyl (C=O) groups excluding carboxylic acids is 2. The number of ether oxygens (including phenoxy) is 3. The number of allylic oxidation sites excluding steroid dienone is 3. The van der Waals surface area contributed by atoms with Gasteiger partial charge in [-0.2, -0.15) is 0 Å². The molecule has 0 fully saturated rings. The molecule has 3 rings (SSSR count). The molecule has 2 N–H and O–H groups in total. The molecule has 0 radical (unpaired) electrons. The van der Waals surface area contributed by atoms with Gasteiger partial charge in [0.25, 0.3) is 0 Å². The Morgan fingerprint density at radius 2 is 2.00 bits per heavy atom. The van der Waals surface area contributed by atoms with E-state index in [0.29, 0.717) is 52.9 Å². The van der Waals surface area contributed by atoms with E-state index < -0.39 is 11.9 Å². The Hall–Kier alpha value is -2.32. The van der Waals surface area contributed by atoms with Crippen molar-refractivity contribution in [2.45, 2.75) is 46.5 Å². The standard InChI is InChI=1S/C24H30BrNO6/c1-6-31-7-8-32-23(29)19-13(2)26-16-11-24(3,4)12-17(27)21(16)20(19)14-9-15(25)22(28)18(10-14)30-5/h9-10,20,26,28H,6-8,11-12H2,1-5H3. The summed E-state index contributed by atoms with van der Waals surface area (Å²) in [5.74, 6) is -0.950. The lowest BCUT2D eigenvalue weighted by atomic mass is 9.68. The highest BCUT2D eigenvalue weighted by molar-refractivity contribution is 9.10. The van der Waals surface area contributed by atoms with E-state index in [0.717, 1.165) is 5.70 Å². The van der Waals surface area contributed by atoms with Crippen LogP contribution in [0.25, 0.3) is 0 Å². The van der Waals surface area contributed by atoms with Gasteiger partial charge in [0.05, 0.1) is 23.8 Å². The van der Waals surface area contributed by atoms with Crippen LogP contribution < -0.4 is 10.1 Å². The molecule has 0 aromatic heterocycles. The topological polar surface area (TPSA) is 94.1 Å². The number of aromatic hydroxyl groups is 1. The molecule has 1 aromatic rings. The molecule has 0 saturated heterocycles. The minimum Gasteiger partial charge on any atom is -0.503 e. The number of phenols is 1. The first-order chi connectivity index (χ1) is 15.1. The first kappa shape index (κ1) is 24.3. The van der Waals surface area contributed by atoms with Crippen molar-refractivity contribution < 1.29 is 28.9 Å². The number of rotatable bonds is 7. The van der Waals surface area contributed by atoms with Gasteiger partial charge >= 0.3 is 5.97 Å². The molecule has 0 spiro atoms. The van der Waals surface area contributed by atoms with Crippen molar-refractivity contribution >= 4 is 27.7 Å². The average Bonchev–Trinajstić information content (AvgIpc) is 2.71. The van der Waals surface area contributed by atoms with Crippen molar-refractivity contribution in [3.63, 3.8) is 0 Å². The third kappa shape index (κ3) is 4.86. The average molecular weight is 508 g/mol. The fourth-order valence-electron chi connectivity index (χ4n) is 4.37. The fourth-order valence-corrected chi connectivity index (χ4v) is 4.83. The van der Waals surface area contributed by atoms with E-state index in [-0.39, 0.29) is 29.3 Å². The molecule has 2 aliphatic rings. The van der Waals surface area contributed by atoms with Crippen LogP contribution >= 0.6 is 15.9 Å². The molecule has 0 amide bonds. The molecule has 1 aromatic carbocycles. The van der Waals surface area contributed by atoms with E-state index in [1.54, 1.807) is 12.1 Å². The Bertz CT molecular complexity index is 994. The van der Waals surface area contributed by atoms with Crippen LogP contribution in [-0.4, -0.2) is 43.8 Å². The molecule has 1 heterocycles. The summed E-state index contributed by atoms with van der Waals surface area (Å²) in [5.41, 5.74) is 2.87. The van der Waals surface area contributed by atoms with E-state index >= 15 is 0 Å². The zero-order valence-corrected chi connectivity index (χ0v) is 20.7. The molecular formula is C24H30BrNO6. The smallest absolute Gasteiger partial charge is 0.336 e. The number of nitrogens with one attached hydrogen (secondary N) is 1. The zero-order valence-electron chi connectivity index (χ0n) is 19.1. The lowest BCUT2D eigenvalue weighted by Crippen LogP contribution is -2.38. The Morgan fingerprint density at radius 1 is 1.28 bits per heavy atom. The largest absolute Gasteiger partial charge is 0.503 e. The second-order valence-electron chi connectivity index (χ2n) is 8.82. The van der Waals surface area contributed by atoms with E-state index in [1.165, 1.54) is 7.11 Å². The van der Waals surface area contributed by atoms with Crippen LogP contribution in [-0.2, 0) is 19.1 Å². The number of benzene rings is 1. The first-order valence-corrected chi connectivity index (χ1v) is 11.4. The molecule has 1 unspecified atom stereocenters. The van der Waals surface area contributed by atoms with Crippen LogP contribution in [0.3, 0.4) is 0 Å². The first-order valence-electron chi connectivity index (χ1n) is 10.6. The van der Waals surface area contributed by atoms with Crippen LogP contribution in [0.15, 0.2) is 39.1 Å². The molecule has 0 saturated carbocycles. The summed E-state index contributed by atoms with van der Waals surface area (Å²) in [6.45, 7) is 8.75. The summed E-state index contributed by atoms with van der Waals surface area (Å²) in [6, 6.07) is 3.38. The number of phenolic OH excluding ortho intramolecular Hbond substituents is 1. The van der Waals surface area contributed by atoms with Crippen LogP contribution in [0.5, 0.6) is 11.5 Å². The van der Waals surface area contributed by atoms with Gasteiger partial charge in [-0.25, -0.2) is 4.79 Å².